The third-order valence-corrected chi connectivity index (χ3v) is 11.9. The molecule has 0 fully saturated rings. The van der Waals surface area contributed by atoms with E-state index in [0.29, 0.717) is 0 Å². The number of hydrogen-bond donors (Lipinski definition) is 0. The highest BCUT2D eigenvalue weighted by Gasteiger charge is 2.26. The summed E-state index contributed by atoms with van der Waals surface area (Å²) in [6.45, 7) is 0. The van der Waals surface area contributed by atoms with E-state index >= 15 is 0 Å². The van der Waals surface area contributed by atoms with Crippen LogP contribution in [0.3, 0.4) is 0 Å². The summed E-state index contributed by atoms with van der Waals surface area (Å²) in [5.41, 5.74) is 13.1. The summed E-state index contributed by atoms with van der Waals surface area (Å²) < 4.78 is 11.9. The van der Waals surface area contributed by atoms with E-state index in [1.54, 1.807) is 0 Å². The number of nitrogens with zero attached hydrogens (tertiary/aromatic N) is 1. The Morgan fingerprint density at radius 1 is 0.429 bits per heavy atom. The Balaban J connectivity index is 1.15. The Bertz CT molecular complexity index is 3180. The van der Waals surface area contributed by atoms with E-state index in [1.807, 2.05) is 11.3 Å². The van der Waals surface area contributed by atoms with Gasteiger partial charge in [0.05, 0.1) is 11.0 Å². The van der Waals surface area contributed by atoms with E-state index in [4.69, 9.17) is 4.42 Å². The molecule has 0 N–H and O–H groups in total. The molecule has 1 aliphatic rings. The normalized spacial score (nSPS) is 12.5. The molecule has 3 heteroatoms. The van der Waals surface area contributed by atoms with Crippen molar-refractivity contribution in [3.8, 4) is 39.1 Å². The van der Waals surface area contributed by atoms with Crippen LogP contribution in [0.15, 0.2) is 156 Å². The molecule has 3 aromatic heterocycles. The molecule has 0 atom stereocenters. The lowest BCUT2D eigenvalue weighted by Gasteiger charge is -2.12. The van der Waals surface area contributed by atoms with Gasteiger partial charge in [-0.25, -0.2) is 0 Å². The maximum absolute atomic E-state index is 6.86. The average Bonchev–Trinajstić information content (AvgIpc) is 3.91. The van der Waals surface area contributed by atoms with Crippen molar-refractivity contribution in [1.29, 1.82) is 0 Å². The van der Waals surface area contributed by atoms with Gasteiger partial charge in [-0.3, -0.25) is 0 Å². The predicted molar refractivity (Wildman–Crippen MR) is 208 cm³/mol. The van der Waals surface area contributed by atoms with E-state index in [1.165, 1.54) is 86.0 Å². The summed E-state index contributed by atoms with van der Waals surface area (Å²) in [5.74, 6) is 0. The highest BCUT2D eigenvalue weighted by molar-refractivity contribution is 7.27. The fraction of sp³-hybridized carbons (Fsp3) is 0. The summed E-state index contributed by atoms with van der Waals surface area (Å²) in [6, 6.07) is 55.4. The molecule has 0 unspecified atom stereocenters. The van der Waals surface area contributed by atoms with Crippen molar-refractivity contribution in [2.24, 2.45) is 0 Å². The summed E-state index contributed by atoms with van der Waals surface area (Å²) in [5, 5.41) is 10.1. The molecule has 49 heavy (non-hydrogen) atoms. The van der Waals surface area contributed by atoms with Gasteiger partial charge >= 0.3 is 0 Å². The van der Waals surface area contributed by atoms with Crippen molar-refractivity contribution in [1.82, 2.24) is 4.57 Å². The predicted octanol–water partition coefficient (Wildman–Crippen LogP) is 13.5. The molecule has 8 aromatic carbocycles. The summed E-state index contributed by atoms with van der Waals surface area (Å²) in [6.07, 6.45) is 0. The Morgan fingerprint density at radius 2 is 1.08 bits per heavy atom. The number of thiophene rings is 1. The monoisotopic (exact) mass is 639 g/mol. The van der Waals surface area contributed by atoms with E-state index in [2.05, 4.69) is 156 Å². The van der Waals surface area contributed by atoms with Crippen LogP contribution in [0.4, 0.5) is 0 Å². The van der Waals surface area contributed by atoms with Gasteiger partial charge in [0.15, 0.2) is 5.58 Å². The van der Waals surface area contributed by atoms with Crippen molar-refractivity contribution >= 4 is 86.0 Å². The number of fused-ring (bicyclic) bond motifs is 15. The van der Waals surface area contributed by atoms with E-state index in [0.717, 1.165) is 27.8 Å². The molecular weight excluding hydrogens is 615 g/mol. The zero-order valence-corrected chi connectivity index (χ0v) is 27.0. The van der Waals surface area contributed by atoms with Gasteiger partial charge in [0.1, 0.15) is 5.58 Å². The third-order valence-electron chi connectivity index (χ3n) is 10.7. The van der Waals surface area contributed by atoms with Gasteiger partial charge in [-0.15, -0.1) is 11.3 Å². The number of hydrogen-bond acceptors (Lipinski definition) is 2. The minimum absolute atomic E-state index is 0.919. The van der Waals surface area contributed by atoms with Gasteiger partial charge in [-0.05, 0) is 74.5 Å². The Hall–Kier alpha value is -6.16. The molecule has 1 aliphatic carbocycles. The second-order valence-corrected chi connectivity index (χ2v) is 14.2. The molecule has 12 rings (SSSR count). The highest BCUT2D eigenvalue weighted by atomic mass is 32.1. The summed E-state index contributed by atoms with van der Waals surface area (Å²) in [4.78, 5) is 0. The highest BCUT2D eigenvalue weighted by Crippen LogP contribution is 2.51. The fourth-order valence-corrected chi connectivity index (χ4v) is 10.0. The van der Waals surface area contributed by atoms with Crippen LogP contribution in [0.5, 0.6) is 0 Å². The van der Waals surface area contributed by atoms with Gasteiger partial charge in [0.25, 0.3) is 0 Å². The molecule has 0 saturated heterocycles. The van der Waals surface area contributed by atoms with Crippen molar-refractivity contribution in [2.45, 2.75) is 0 Å². The molecule has 226 valence electrons. The summed E-state index contributed by atoms with van der Waals surface area (Å²) in [7, 11) is 0. The first kappa shape index (κ1) is 25.9. The molecule has 0 radical (unpaired) electrons. The molecule has 0 bridgehead atoms. The summed E-state index contributed by atoms with van der Waals surface area (Å²) >= 11 is 1.89. The number of benzene rings is 8. The minimum Gasteiger partial charge on any atom is -0.454 e. The van der Waals surface area contributed by atoms with E-state index < -0.39 is 0 Å². The molecule has 0 aliphatic heterocycles. The van der Waals surface area contributed by atoms with Gasteiger partial charge in [-0.2, -0.15) is 0 Å². The molecule has 0 spiro atoms. The zero-order chi connectivity index (χ0) is 31.8. The maximum atomic E-state index is 6.86. The van der Waals surface area contributed by atoms with Crippen molar-refractivity contribution in [3.63, 3.8) is 0 Å². The second kappa shape index (κ2) is 9.25. The SMILES string of the molecule is c1ccc2c(c1)-c1cccc3c(-c4ccc(-n5c6ccccc6c6c7sc8ccccc8c7c7c8ccccc8oc7c65)cc4)ccc-2c13. The largest absolute Gasteiger partial charge is 0.454 e. The van der Waals surface area contributed by atoms with Crippen LogP contribution in [-0.2, 0) is 0 Å². The molecule has 2 nitrogen and oxygen atoms in total. The molecule has 0 saturated carbocycles. The lowest BCUT2D eigenvalue weighted by atomic mass is 9.94. The first-order valence-corrected chi connectivity index (χ1v) is 17.6. The van der Waals surface area contributed by atoms with Crippen molar-refractivity contribution in [3.05, 3.63) is 152 Å². The Labute approximate surface area is 284 Å². The van der Waals surface area contributed by atoms with Crippen LogP contribution in [0.25, 0.3) is 114 Å². The Morgan fingerprint density at radius 3 is 1.94 bits per heavy atom. The topological polar surface area (TPSA) is 18.1 Å². The van der Waals surface area contributed by atoms with Crippen LogP contribution in [0.2, 0.25) is 0 Å². The smallest absolute Gasteiger partial charge is 0.160 e. The first-order valence-electron chi connectivity index (χ1n) is 16.8. The van der Waals surface area contributed by atoms with Gasteiger partial charge in [0.2, 0.25) is 0 Å². The van der Waals surface area contributed by atoms with Crippen molar-refractivity contribution < 1.29 is 4.42 Å². The Kier molecular flexibility index (Phi) is 4.89. The molecular formula is C46H25NOS. The number of para-hydroxylation sites is 2. The van der Waals surface area contributed by atoms with Gasteiger partial charge < -0.3 is 8.98 Å². The third kappa shape index (κ3) is 3.25. The fourth-order valence-electron chi connectivity index (χ4n) is 8.73. The molecule has 3 heterocycles. The second-order valence-electron chi connectivity index (χ2n) is 13.2. The molecule has 0 amide bonds. The van der Waals surface area contributed by atoms with E-state index in [9.17, 15) is 0 Å². The van der Waals surface area contributed by atoms with Crippen LogP contribution in [0, 0.1) is 0 Å². The van der Waals surface area contributed by atoms with E-state index in [-0.39, 0.29) is 0 Å². The number of rotatable bonds is 2. The zero-order valence-electron chi connectivity index (χ0n) is 26.2. The van der Waals surface area contributed by atoms with Crippen LogP contribution >= 0.6 is 11.3 Å². The quantitative estimate of drug-likeness (QED) is 0.184. The molecule has 11 aromatic rings. The lowest BCUT2D eigenvalue weighted by molar-refractivity contribution is 0.671. The minimum atomic E-state index is 0.919. The first-order chi connectivity index (χ1) is 24.3. The van der Waals surface area contributed by atoms with Crippen molar-refractivity contribution in [2.75, 3.05) is 0 Å². The van der Waals surface area contributed by atoms with Gasteiger partial charge in [0, 0.05) is 47.4 Å². The van der Waals surface area contributed by atoms with Crippen LogP contribution in [-0.4, -0.2) is 4.57 Å². The number of furan rings is 1. The standard InChI is InChI=1S/C46H25NOS/c1-2-11-30-29(10-1)32-16-9-15-31-28(24-25-33(30)40(31)32)26-20-22-27(23-21-26)47-37-17-6-3-12-34(37)43-44(47)45-41(35-13-4-7-18-38(35)48-45)42-36-14-5-8-19-39(36)49-46(42)43/h1-25H. The maximum Gasteiger partial charge on any atom is 0.160 e. The lowest BCUT2D eigenvalue weighted by Crippen LogP contribution is -1.94. The number of aromatic nitrogens is 1. The van der Waals surface area contributed by atoms with Crippen LogP contribution < -0.4 is 0 Å². The van der Waals surface area contributed by atoms with Gasteiger partial charge in [-0.1, -0.05) is 121 Å². The average molecular weight is 640 g/mol. The van der Waals surface area contributed by atoms with Crippen LogP contribution in [0.1, 0.15) is 0 Å².